The topological polar surface area (TPSA) is 82.2 Å². The van der Waals surface area contributed by atoms with E-state index >= 15 is 0 Å². The Labute approximate surface area is 88.4 Å². The standard InChI is InChI=1S/C9H16N4O2/c1-2-3-13-7-11-4-8(13)5-12-15-6-9(10)14/h4,7,12H,2-3,5-6H2,1H3,(H2,10,14). The number of rotatable bonds is 7. The molecule has 0 saturated carbocycles. The van der Waals surface area contributed by atoms with Gasteiger partial charge < -0.3 is 10.3 Å². The van der Waals surface area contributed by atoms with Crippen LogP contribution in [-0.2, 0) is 22.7 Å². The summed E-state index contributed by atoms with van der Waals surface area (Å²) < 4.78 is 2.03. The first-order valence-corrected chi connectivity index (χ1v) is 4.86. The normalized spacial score (nSPS) is 10.5. The van der Waals surface area contributed by atoms with Crippen molar-refractivity contribution in [1.82, 2.24) is 15.0 Å². The smallest absolute Gasteiger partial charge is 0.245 e. The first-order chi connectivity index (χ1) is 7.24. The molecule has 1 amide bonds. The van der Waals surface area contributed by atoms with E-state index in [0.29, 0.717) is 6.54 Å². The zero-order valence-electron chi connectivity index (χ0n) is 8.77. The van der Waals surface area contributed by atoms with Gasteiger partial charge in [0.25, 0.3) is 0 Å². The Hall–Kier alpha value is -1.40. The van der Waals surface area contributed by atoms with Gasteiger partial charge in [-0.1, -0.05) is 6.92 Å². The summed E-state index contributed by atoms with van der Waals surface area (Å²) in [6, 6.07) is 0. The molecule has 6 heteroatoms. The van der Waals surface area contributed by atoms with Crippen LogP contribution in [0.1, 0.15) is 19.0 Å². The number of aromatic nitrogens is 2. The van der Waals surface area contributed by atoms with Gasteiger partial charge in [-0.05, 0) is 6.42 Å². The summed E-state index contributed by atoms with van der Waals surface area (Å²) in [5.41, 5.74) is 8.58. The van der Waals surface area contributed by atoms with Crippen molar-refractivity contribution in [3.05, 3.63) is 18.2 Å². The van der Waals surface area contributed by atoms with Crippen LogP contribution in [0.2, 0.25) is 0 Å². The van der Waals surface area contributed by atoms with Crippen molar-refractivity contribution in [2.75, 3.05) is 6.61 Å². The van der Waals surface area contributed by atoms with Crippen molar-refractivity contribution in [2.45, 2.75) is 26.4 Å². The Kier molecular flexibility index (Phi) is 4.79. The molecule has 0 aliphatic rings. The fourth-order valence-electron chi connectivity index (χ4n) is 1.18. The Morgan fingerprint density at radius 1 is 1.73 bits per heavy atom. The highest BCUT2D eigenvalue weighted by Gasteiger charge is 2.01. The first-order valence-electron chi connectivity index (χ1n) is 4.86. The SMILES string of the molecule is CCCn1cncc1CNOCC(N)=O. The maximum atomic E-state index is 10.4. The Morgan fingerprint density at radius 3 is 3.20 bits per heavy atom. The molecule has 1 heterocycles. The van der Waals surface area contributed by atoms with Crippen LogP contribution in [0.4, 0.5) is 0 Å². The van der Waals surface area contributed by atoms with Crippen molar-refractivity contribution in [2.24, 2.45) is 5.73 Å². The summed E-state index contributed by atoms with van der Waals surface area (Å²) in [5.74, 6) is -0.496. The first kappa shape index (κ1) is 11.7. The lowest BCUT2D eigenvalue weighted by Gasteiger charge is -2.07. The van der Waals surface area contributed by atoms with Crippen molar-refractivity contribution >= 4 is 5.91 Å². The summed E-state index contributed by atoms with van der Waals surface area (Å²) >= 11 is 0. The number of hydrogen-bond donors (Lipinski definition) is 2. The van der Waals surface area contributed by atoms with E-state index in [-0.39, 0.29) is 6.61 Å². The van der Waals surface area contributed by atoms with Gasteiger partial charge in [0.2, 0.25) is 5.91 Å². The molecule has 1 rings (SSSR count). The fourth-order valence-corrected chi connectivity index (χ4v) is 1.18. The van der Waals surface area contributed by atoms with Gasteiger partial charge in [-0.25, -0.2) is 4.98 Å². The molecule has 15 heavy (non-hydrogen) atoms. The molecule has 6 nitrogen and oxygen atoms in total. The maximum absolute atomic E-state index is 10.4. The number of carbonyl (C=O) groups is 1. The quantitative estimate of drug-likeness (QED) is 0.484. The van der Waals surface area contributed by atoms with Crippen LogP contribution >= 0.6 is 0 Å². The monoisotopic (exact) mass is 212 g/mol. The number of hydroxylamine groups is 1. The van der Waals surface area contributed by atoms with E-state index in [9.17, 15) is 4.79 Å². The van der Waals surface area contributed by atoms with Crippen molar-refractivity contribution in [1.29, 1.82) is 0 Å². The predicted molar refractivity (Wildman–Crippen MR) is 54.5 cm³/mol. The molecule has 3 N–H and O–H groups in total. The number of nitrogens with two attached hydrogens (primary N) is 1. The number of primary amides is 1. The molecule has 0 unspecified atom stereocenters. The molecule has 1 aromatic rings. The molecule has 0 aliphatic heterocycles. The third-order valence-electron chi connectivity index (χ3n) is 1.83. The van der Waals surface area contributed by atoms with E-state index in [4.69, 9.17) is 10.6 Å². The molecular formula is C9H16N4O2. The molecule has 0 saturated heterocycles. The minimum atomic E-state index is -0.496. The Bertz CT molecular complexity index is 311. The Balaban J connectivity index is 2.30. The third-order valence-corrected chi connectivity index (χ3v) is 1.83. The largest absolute Gasteiger partial charge is 0.368 e. The van der Waals surface area contributed by atoms with Crippen LogP contribution in [0, 0.1) is 0 Å². The number of hydrogen-bond acceptors (Lipinski definition) is 4. The summed E-state index contributed by atoms with van der Waals surface area (Å²) in [6.07, 6.45) is 4.58. The van der Waals surface area contributed by atoms with E-state index in [2.05, 4.69) is 17.4 Å². The molecule has 0 aliphatic carbocycles. The zero-order chi connectivity index (χ0) is 11.1. The van der Waals surface area contributed by atoms with Gasteiger partial charge >= 0.3 is 0 Å². The minimum absolute atomic E-state index is 0.123. The second-order valence-electron chi connectivity index (χ2n) is 3.15. The van der Waals surface area contributed by atoms with Gasteiger partial charge in [-0.15, -0.1) is 0 Å². The number of imidazole rings is 1. The number of carbonyl (C=O) groups excluding carboxylic acids is 1. The number of nitrogens with one attached hydrogen (secondary N) is 1. The molecule has 84 valence electrons. The average Bonchev–Trinajstić information content (AvgIpc) is 2.61. The summed E-state index contributed by atoms with van der Waals surface area (Å²) in [5, 5.41) is 0. The van der Waals surface area contributed by atoms with Gasteiger partial charge in [0.05, 0.1) is 18.6 Å². The van der Waals surface area contributed by atoms with Gasteiger partial charge in [-0.3, -0.25) is 9.63 Å². The number of nitrogens with zero attached hydrogens (tertiary/aromatic N) is 2. The van der Waals surface area contributed by atoms with E-state index in [1.54, 1.807) is 12.5 Å². The predicted octanol–water partition coefficient (Wildman–Crippen LogP) is -0.200. The highest BCUT2D eigenvalue weighted by molar-refractivity contribution is 5.74. The van der Waals surface area contributed by atoms with Gasteiger partial charge in [-0.2, -0.15) is 5.48 Å². The lowest BCUT2D eigenvalue weighted by Crippen LogP contribution is -2.25. The maximum Gasteiger partial charge on any atom is 0.245 e. The second kappa shape index (κ2) is 6.15. The third kappa shape index (κ3) is 4.09. The Morgan fingerprint density at radius 2 is 2.53 bits per heavy atom. The molecular weight excluding hydrogens is 196 g/mol. The zero-order valence-corrected chi connectivity index (χ0v) is 8.77. The molecule has 0 radical (unpaired) electrons. The van der Waals surface area contributed by atoms with Crippen LogP contribution in [0.5, 0.6) is 0 Å². The highest BCUT2D eigenvalue weighted by Crippen LogP contribution is 1.99. The van der Waals surface area contributed by atoms with E-state index in [0.717, 1.165) is 18.7 Å². The van der Waals surface area contributed by atoms with Crippen molar-refractivity contribution < 1.29 is 9.63 Å². The summed E-state index contributed by atoms with van der Waals surface area (Å²) in [7, 11) is 0. The molecule has 0 fully saturated rings. The lowest BCUT2D eigenvalue weighted by atomic mass is 10.4. The summed E-state index contributed by atoms with van der Waals surface area (Å²) in [4.78, 5) is 19.2. The van der Waals surface area contributed by atoms with Gasteiger partial charge in [0.1, 0.15) is 6.61 Å². The van der Waals surface area contributed by atoms with E-state index in [1.807, 2.05) is 4.57 Å². The van der Waals surface area contributed by atoms with Crippen LogP contribution in [-0.4, -0.2) is 22.1 Å². The number of amides is 1. The number of aryl methyl sites for hydroxylation is 1. The van der Waals surface area contributed by atoms with Gasteiger partial charge in [0, 0.05) is 12.7 Å². The molecule has 0 spiro atoms. The van der Waals surface area contributed by atoms with Crippen LogP contribution < -0.4 is 11.2 Å². The molecule has 0 aromatic carbocycles. The average molecular weight is 212 g/mol. The van der Waals surface area contributed by atoms with Crippen LogP contribution in [0.15, 0.2) is 12.5 Å². The van der Waals surface area contributed by atoms with Crippen molar-refractivity contribution in [3.8, 4) is 0 Å². The van der Waals surface area contributed by atoms with Crippen LogP contribution in [0.3, 0.4) is 0 Å². The fraction of sp³-hybridized carbons (Fsp3) is 0.556. The van der Waals surface area contributed by atoms with E-state index < -0.39 is 5.91 Å². The summed E-state index contributed by atoms with van der Waals surface area (Å²) in [6.45, 7) is 3.41. The highest BCUT2D eigenvalue weighted by atomic mass is 16.6. The minimum Gasteiger partial charge on any atom is -0.368 e. The lowest BCUT2D eigenvalue weighted by molar-refractivity contribution is -0.125. The van der Waals surface area contributed by atoms with E-state index in [1.165, 1.54) is 0 Å². The molecule has 0 atom stereocenters. The van der Waals surface area contributed by atoms with Crippen molar-refractivity contribution in [3.63, 3.8) is 0 Å². The molecule has 1 aromatic heterocycles. The molecule has 0 bridgehead atoms. The van der Waals surface area contributed by atoms with Crippen LogP contribution in [0.25, 0.3) is 0 Å². The van der Waals surface area contributed by atoms with Gasteiger partial charge in [0.15, 0.2) is 0 Å². The second-order valence-corrected chi connectivity index (χ2v) is 3.15.